The van der Waals surface area contributed by atoms with Gasteiger partial charge in [-0.3, -0.25) is 9.48 Å². The SMILES string of the molecule is Cc1nc(C)c(C(=O)N(Cc2ccc3c(c2)OCO3)Cc2nn(C)cc2Cl)s1. The summed E-state index contributed by atoms with van der Waals surface area (Å²) in [4.78, 5) is 20.0. The van der Waals surface area contributed by atoms with Crippen LogP contribution in [0.25, 0.3) is 0 Å². The molecule has 0 saturated heterocycles. The molecule has 1 aromatic carbocycles. The number of hydrogen-bond acceptors (Lipinski definition) is 6. The van der Waals surface area contributed by atoms with E-state index in [0.717, 1.165) is 16.3 Å². The Morgan fingerprint density at radius 3 is 2.75 bits per heavy atom. The van der Waals surface area contributed by atoms with Gasteiger partial charge in [0.2, 0.25) is 6.79 Å². The van der Waals surface area contributed by atoms with Crippen molar-refractivity contribution in [3.63, 3.8) is 0 Å². The molecule has 0 radical (unpaired) electrons. The molecule has 0 unspecified atom stereocenters. The smallest absolute Gasteiger partial charge is 0.266 e. The van der Waals surface area contributed by atoms with Gasteiger partial charge in [-0.2, -0.15) is 5.10 Å². The predicted molar refractivity (Wildman–Crippen MR) is 106 cm³/mol. The number of amides is 1. The van der Waals surface area contributed by atoms with Crippen molar-refractivity contribution < 1.29 is 14.3 Å². The van der Waals surface area contributed by atoms with Crippen molar-refractivity contribution in [3.05, 3.63) is 56.3 Å². The molecule has 0 saturated carbocycles. The number of benzene rings is 1. The number of halogens is 1. The van der Waals surface area contributed by atoms with Crippen molar-refractivity contribution in [2.45, 2.75) is 26.9 Å². The first kappa shape index (κ1) is 18.8. The monoisotopic (exact) mass is 418 g/mol. The second kappa shape index (κ2) is 7.44. The standard InChI is InChI=1S/C19H19ClN4O3S/c1-11-18(28-12(2)21-11)19(25)24(9-15-14(20)8-23(3)22-15)7-13-4-5-16-17(6-13)27-10-26-16/h4-6,8H,7,9-10H2,1-3H3. The number of carbonyl (C=O) groups excluding carboxylic acids is 1. The van der Waals surface area contributed by atoms with Gasteiger partial charge < -0.3 is 14.4 Å². The van der Waals surface area contributed by atoms with E-state index < -0.39 is 0 Å². The van der Waals surface area contributed by atoms with Crippen LogP contribution in [0.4, 0.5) is 0 Å². The molecule has 1 aliphatic heterocycles. The van der Waals surface area contributed by atoms with Gasteiger partial charge in [0.05, 0.1) is 22.3 Å². The van der Waals surface area contributed by atoms with Gasteiger partial charge in [0.15, 0.2) is 11.5 Å². The van der Waals surface area contributed by atoms with Gasteiger partial charge in [0, 0.05) is 19.8 Å². The lowest BCUT2D eigenvalue weighted by molar-refractivity contribution is 0.0731. The van der Waals surface area contributed by atoms with Crippen LogP contribution >= 0.6 is 22.9 Å². The molecule has 2 aromatic heterocycles. The van der Waals surface area contributed by atoms with Crippen LogP contribution in [-0.4, -0.2) is 32.4 Å². The first-order valence-electron chi connectivity index (χ1n) is 8.70. The molecule has 3 heterocycles. The molecule has 1 amide bonds. The maximum absolute atomic E-state index is 13.3. The lowest BCUT2D eigenvalue weighted by Crippen LogP contribution is -2.30. The van der Waals surface area contributed by atoms with Crippen LogP contribution in [0.3, 0.4) is 0 Å². The van der Waals surface area contributed by atoms with Crippen LogP contribution < -0.4 is 9.47 Å². The molecule has 0 N–H and O–H groups in total. The van der Waals surface area contributed by atoms with Crippen molar-refractivity contribution in [3.8, 4) is 11.5 Å². The zero-order valence-corrected chi connectivity index (χ0v) is 17.3. The third kappa shape index (κ3) is 3.70. The fraction of sp³-hybridized carbons (Fsp3) is 0.316. The third-order valence-corrected chi connectivity index (χ3v) is 5.77. The summed E-state index contributed by atoms with van der Waals surface area (Å²) in [6, 6.07) is 5.68. The lowest BCUT2D eigenvalue weighted by atomic mass is 10.1. The summed E-state index contributed by atoms with van der Waals surface area (Å²) >= 11 is 7.68. The average molecular weight is 419 g/mol. The molecule has 3 aromatic rings. The van der Waals surface area contributed by atoms with Crippen molar-refractivity contribution in [1.29, 1.82) is 0 Å². The minimum Gasteiger partial charge on any atom is -0.454 e. The summed E-state index contributed by atoms with van der Waals surface area (Å²) in [5, 5.41) is 5.78. The topological polar surface area (TPSA) is 69.5 Å². The number of rotatable bonds is 5. The zero-order chi connectivity index (χ0) is 19.8. The fourth-order valence-electron chi connectivity index (χ4n) is 3.13. The van der Waals surface area contributed by atoms with E-state index in [1.807, 2.05) is 32.0 Å². The van der Waals surface area contributed by atoms with Crippen LogP contribution in [0, 0.1) is 13.8 Å². The highest BCUT2D eigenvalue weighted by molar-refractivity contribution is 7.13. The number of ether oxygens (including phenoxy) is 2. The van der Waals surface area contributed by atoms with Gasteiger partial charge in [-0.25, -0.2) is 4.98 Å². The molecule has 28 heavy (non-hydrogen) atoms. The number of aryl methyl sites for hydroxylation is 3. The van der Waals surface area contributed by atoms with Crippen LogP contribution in [0.1, 0.15) is 31.6 Å². The summed E-state index contributed by atoms with van der Waals surface area (Å²) in [5.74, 6) is 1.30. The summed E-state index contributed by atoms with van der Waals surface area (Å²) in [5.41, 5.74) is 2.32. The number of nitrogens with zero attached hydrogens (tertiary/aromatic N) is 4. The van der Waals surface area contributed by atoms with Gasteiger partial charge in [-0.05, 0) is 31.5 Å². The normalized spacial score (nSPS) is 12.4. The van der Waals surface area contributed by atoms with E-state index >= 15 is 0 Å². The first-order valence-corrected chi connectivity index (χ1v) is 9.90. The van der Waals surface area contributed by atoms with Crippen molar-refractivity contribution in [1.82, 2.24) is 19.7 Å². The highest BCUT2D eigenvalue weighted by Gasteiger charge is 2.24. The maximum Gasteiger partial charge on any atom is 0.266 e. The van der Waals surface area contributed by atoms with E-state index in [0.29, 0.717) is 40.2 Å². The number of carbonyl (C=O) groups is 1. The van der Waals surface area contributed by atoms with E-state index in [-0.39, 0.29) is 12.7 Å². The van der Waals surface area contributed by atoms with Crippen LogP contribution in [0.15, 0.2) is 24.4 Å². The Labute approximate surface area is 171 Å². The van der Waals surface area contributed by atoms with E-state index in [9.17, 15) is 4.79 Å². The molecule has 0 aliphatic carbocycles. The minimum atomic E-state index is -0.0949. The molecule has 4 rings (SSSR count). The highest BCUT2D eigenvalue weighted by Crippen LogP contribution is 2.33. The maximum atomic E-state index is 13.3. The second-order valence-electron chi connectivity index (χ2n) is 6.59. The zero-order valence-electron chi connectivity index (χ0n) is 15.7. The Bertz CT molecular complexity index is 1050. The molecule has 1 aliphatic rings. The number of thiazole rings is 1. The predicted octanol–water partition coefficient (Wildman–Crippen LogP) is 3.72. The quantitative estimate of drug-likeness (QED) is 0.631. The largest absolute Gasteiger partial charge is 0.454 e. The average Bonchev–Trinajstić information content (AvgIpc) is 3.32. The Morgan fingerprint density at radius 2 is 2.07 bits per heavy atom. The molecule has 0 spiro atoms. The van der Waals surface area contributed by atoms with Gasteiger partial charge in [-0.1, -0.05) is 17.7 Å². The lowest BCUT2D eigenvalue weighted by Gasteiger charge is -2.22. The summed E-state index contributed by atoms with van der Waals surface area (Å²) < 4.78 is 12.5. The summed E-state index contributed by atoms with van der Waals surface area (Å²) in [6.07, 6.45) is 1.72. The molecule has 0 bridgehead atoms. The fourth-order valence-corrected chi connectivity index (χ4v) is 4.25. The molecule has 7 nitrogen and oxygen atoms in total. The van der Waals surface area contributed by atoms with Gasteiger partial charge in [0.1, 0.15) is 10.6 Å². The third-order valence-electron chi connectivity index (χ3n) is 4.39. The van der Waals surface area contributed by atoms with Gasteiger partial charge >= 0.3 is 0 Å². The van der Waals surface area contributed by atoms with Gasteiger partial charge in [0.25, 0.3) is 5.91 Å². The van der Waals surface area contributed by atoms with E-state index in [1.54, 1.807) is 22.8 Å². The van der Waals surface area contributed by atoms with Crippen LogP contribution in [0.5, 0.6) is 11.5 Å². The van der Waals surface area contributed by atoms with E-state index in [1.165, 1.54) is 11.3 Å². The Kier molecular flexibility index (Phi) is 4.99. The van der Waals surface area contributed by atoms with Gasteiger partial charge in [-0.15, -0.1) is 11.3 Å². The van der Waals surface area contributed by atoms with Crippen molar-refractivity contribution in [2.24, 2.45) is 7.05 Å². The van der Waals surface area contributed by atoms with Crippen molar-refractivity contribution >= 4 is 28.8 Å². The van der Waals surface area contributed by atoms with Crippen LogP contribution in [-0.2, 0) is 20.1 Å². The highest BCUT2D eigenvalue weighted by atomic mass is 35.5. The van der Waals surface area contributed by atoms with E-state index in [4.69, 9.17) is 21.1 Å². The Balaban J connectivity index is 1.65. The van der Waals surface area contributed by atoms with Crippen molar-refractivity contribution in [2.75, 3.05) is 6.79 Å². The molecule has 0 fully saturated rings. The molecular formula is C19H19ClN4O3S. The number of hydrogen-bond donors (Lipinski definition) is 0. The summed E-state index contributed by atoms with van der Waals surface area (Å²) in [6.45, 7) is 4.64. The minimum absolute atomic E-state index is 0.0949. The molecule has 146 valence electrons. The Morgan fingerprint density at radius 1 is 1.29 bits per heavy atom. The molecular weight excluding hydrogens is 400 g/mol. The second-order valence-corrected chi connectivity index (χ2v) is 8.20. The molecule has 9 heteroatoms. The number of aromatic nitrogens is 3. The first-order chi connectivity index (χ1) is 13.4. The van der Waals surface area contributed by atoms with Crippen LogP contribution in [0.2, 0.25) is 5.02 Å². The summed E-state index contributed by atoms with van der Waals surface area (Å²) in [7, 11) is 1.80. The van der Waals surface area contributed by atoms with E-state index in [2.05, 4.69) is 10.1 Å². The molecule has 0 atom stereocenters. The number of fused-ring (bicyclic) bond motifs is 1. The Hall–Kier alpha value is -2.58.